The molecule has 3 heterocycles. The Kier molecular flexibility index (Phi) is 4.87. The first-order chi connectivity index (χ1) is 10.8. The number of amides is 1. The highest BCUT2D eigenvalue weighted by molar-refractivity contribution is 5.78. The van der Waals surface area contributed by atoms with Crippen molar-refractivity contribution >= 4 is 11.7 Å². The van der Waals surface area contributed by atoms with E-state index in [0.29, 0.717) is 6.54 Å². The molecule has 22 heavy (non-hydrogen) atoms. The minimum atomic E-state index is 0.217. The summed E-state index contributed by atoms with van der Waals surface area (Å²) < 4.78 is 0. The molecule has 0 aromatic carbocycles. The minimum absolute atomic E-state index is 0.217. The van der Waals surface area contributed by atoms with Crippen molar-refractivity contribution < 1.29 is 4.79 Å². The molecule has 1 aromatic rings. The predicted molar refractivity (Wildman–Crippen MR) is 85.6 cm³/mol. The highest BCUT2D eigenvalue weighted by Crippen LogP contribution is 2.30. The maximum absolute atomic E-state index is 12.5. The van der Waals surface area contributed by atoms with Crippen molar-refractivity contribution in [2.45, 2.75) is 38.1 Å². The zero-order valence-corrected chi connectivity index (χ0v) is 13.3. The minimum Gasteiger partial charge on any atom is -0.372 e. The fourth-order valence-electron chi connectivity index (χ4n) is 3.43. The molecule has 1 atom stereocenters. The van der Waals surface area contributed by atoms with E-state index in [1.807, 2.05) is 18.1 Å². The summed E-state index contributed by atoms with van der Waals surface area (Å²) in [5.74, 6) is 1.05. The molecule has 0 aliphatic carbocycles. The monoisotopic (exact) mass is 303 g/mol. The second-order valence-electron chi connectivity index (χ2n) is 6.15. The first-order valence-electron chi connectivity index (χ1n) is 8.29. The molecule has 1 amide bonds. The summed E-state index contributed by atoms with van der Waals surface area (Å²) in [5, 5.41) is 3.03. The van der Waals surface area contributed by atoms with E-state index in [-0.39, 0.29) is 11.9 Å². The van der Waals surface area contributed by atoms with Crippen molar-refractivity contribution in [3.8, 4) is 0 Å². The molecule has 0 spiro atoms. The van der Waals surface area contributed by atoms with Crippen LogP contribution in [0.25, 0.3) is 0 Å². The number of rotatable bonds is 4. The van der Waals surface area contributed by atoms with Gasteiger partial charge in [0.1, 0.15) is 5.82 Å². The maximum atomic E-state index is 12.5. The fourth-order valence-corrected chi connectivity index (χ4v) is 3.43. The van der Waals surface area contributed by atoms with Crippen LogP contribution in [0.4, 0.5) is 5.82 Å². The van der Waals surface area contributed by atoms with E-state index in [4.69, 9.17) is 0 Å². The van der Waals surface area contributed by atoms with Gasteiger partial charge < -0.3 is 10.2 Å². The highest BCUT2D eigenvalue weighted by atomic mass is 16.2. The predicted octanol–water partition coefficient (Wildman–Crippen LogP) is 1.67. The van der Waals surface area contributed by atoms with E-state index in [9.17, 15) is 4.79 Å². The van der Waals surface area contributed by atoms with Crippen molar-refractivity contribution in [3.63, 3.8) is 0 Å². The average Bonchev–Trinajstić information content (AvgIpc) is 3.04. The van der Waals surface area contributed by atoms with Gasteiger partial charge in [-0.05, 0) is 38.6 Å². The van der Waals surface area contributed by atoms with Crippen molar-refractivity contribution in [1.29, 1.82) is 0 Å². The molecular formula is C16H25N5O. The Morgan fingerprint density at radius 2 is 2.05 bits per heavy atom. The molecule has 120 valence electrons. The Morgan fingerprint density at radius 3 is 2.82 bits per heavy atom. The van der Waals surface area contributed by atoms with Gasteiger partial charge in [0.2, 0.25) is 5.91 Å². The van der Waals surface area contributed by atoms with Gasteiger partial charge in [-0.25, -0.2) is 4.98 Å². The second-order valence-corrected chi connectivity index (χ2v) is 6.15. The van der Waals surface area contributed by atoms with Crippen LogP contribution in [0.3, 0.4) is 0 Å². The molecular weight excluding hydrogens is 278 g/mol. The van der Waals surface area contributed by atoms with Crippen LogP contribution in [0.5, 0.6) is 0 Å². The Hall–Kier alpha value is -1.69. The lowest BCUT2D eigenvalue weighted by atomic mass is 10.1. The zero-order valence-electron chi connectivity index (χ0n) is 13.3. The summed E-state index contributed by atoms with van der Waals surface area (Å²) in [6, 6.07) is 0.217. The molecule has 2 fully saturated rings. The van der Waals surface area contributed by atoms with Crippen LogP contribution >= 0.6 is 0 Å². The molecule has 0 saturated carbocycles. The number of hydrogen-bond acceptors (Lipinski definition) is 5. The van der Waals surface area contributed by atoms with Crippen molar-refractivity contribution in [3.05, 3.63) is 18.1 Å². The van der Waals surface area contributed by atoms with Gasteiger partial charge in [0, 0.05) is 20.1 Å². The van der Waals surface area contributed by atoms with Crippen LogP contribution in [0, 0.1) is 0 Å². The first-order valence-corrected chi connectivity index (χ1v) is 8.29. The van der Waals surface area contributed by atoms with Gasteiger partial charge in [0.05, 0.1) is 30.7 Å². The number of likely N-dealkylation sites (tertiary alicyclic amines) is 2. The van der Waals surface area contributed by atoms with Crippen LogP contribution in [0.2, 0.25) is 0 Å². The molecule has 6 nitrogen and oxygen atoms in total. The quantitative estimate of drug-likeness (QED) is 0.917. The third kappa shape index (κ3) is 3.38. The van der Waals surface area contributed by atoms with Crippen molar-refractivity contribution in [2.75, 3.05) is 38.5 Å². The summed E-state index contributed by atoms with van der Waals surface area (Å²) in [4.78, 5) is 25.6. The summed E-state index contributed by atoms with van der Waals surface area (Å²) in [6.07, 6.45) is 9.26. The van der Waals surface area contributed by atoms with E-state index < -0.39 is 0 Å². The van der Waals surface area contributed by atoms with E-state index in [1.54, 1.807) is 6.20 Å². The highest BCUT2D eigenvalue weighted by Gasteiger charge is 2.30. The molecule has 0 bridgehead atoms. The van der Waals surface area contributed by atoms with Gasteiger partial charge >= 0.3 is 0 Å². The largest absolute Gasteiger partial charge is 0.372 e. The normalized spacial score (nSPS) is 22.8. The lowest BCUT2D eigenvalue weighted by Gasteiger charge is -2.30. The number of anilines is 1. The first kappa shape index (κ1) is 15.2. The molecule has 0 unspecified atom stereocenters. The molecule has 1 aromatic heterocycles. The molecule has 2 aliphatic heterocycles. The molecule has 0 radical (unpaired) electrons. The lowest BCUT2D eigenvalue weighted by molar-refractivity contribution is -0.133. The number of aromatic nitrogens is 2. The topological polar surface area (TPSA) is 61.4 Å². The summed E-state index contributed by atoms with van der Waals surface area (Å²) in [5.41, 5.74) is 0.968. The Balaban J connectivity index is 1.66. The summed E-state index contributed by atoms with van der Waals surface area (Å²) in [6.45, 7) is 3.32. The van der Waals surface area contributed by atoms with Crippen LogP contribution in [-0.2, 0) is 4.79 Å². The molecule has 2 aliphatic rings. The van der Waals surface area contributed by atoms with E-state index in [1.165, 1.54) is 6.42 Å². The van der Waals surface area contributed by atoms with Gasteiger partial charge in [-0.1, -0.05) is 0 Å². The lowest BCUT2D eigenvalue weighted by Crippen LogP contribution is -2.42. The standard InChI is InChI=1S/C16H25N5O/c1-17-15-11-18-10-13(19-15)14-6-5-9-21(14)12-16(22)20-7-3-2-4-8-20/h10-11,14H,2-9,12H2,1H3,(H,17,19)/t14-/m0/s1. The zero-order chi connectivity index (χ0) is 15.4. The number of nitrogens with zero attached hydrogens (tertiary/aromatic N) is 4. The maximum Gasteiger partial charge on any atom is 0.236 e. The third-order valence-corrected chi connectivity index (χ3v) is 4.66. The third-order valence-electron chi connectivity index (χ3n) is 4.66. The fraction of sp³-hybridized carbons (Fsp3) is 0.688. The Labute approximate surface area is 131 Å². The van der Waals surface area contributed by atoms with Crippen LogP contribution < -0.4 is 5.32 Å². The van der Waals surface area contributed by atoms with Crippen LogP contribution in [0.1, 0.15) is 43.8 Å². The molecule has 6 heteroatoms. The van der Waals surface area contributed by atoms with Crippen LogP contribution in [0.15, 0.2) is 12.4 Å². The number of hydrogen-bond donors (Lipinski definition) is 1. The second kappa shape index (κ2) is 7.05. The number of carbonyl (C=O) groups is 1. The molecule has 2 saturated heterocycles. The van der Waals surface area contributed by atoms with Gasteiger partial charge in [0.15, 0.2) is 0 Å². The van der Waals surface area contributed by atoms with Gasteiger partial charge in [0.25, 0.3) is 0 Å². The van der Waals surface area contributed by atoms with Crippen LogP contribution in [-0.4, -0.2) is 58.9 Å². The van der Waals surface area contributed by atoms with Gasteiger partial charge in [-0.2, -0.15) is 0 Å². The van der Waals surface area contributed by atoms with Gasteiger partial charge in [-0.15, -0.1) is 0 Å². The molecule has 1 N–H and O–H groups in total. The van der Waals surface area contributed by atoms with E-state index in [2.05, 4.69) is 20.2 Å². The smallest absolute Gasteiger partial charge is 0.236 e. The van der Waals surface area contributed by atoms with Crippen molar-refractivity contribution in [2.24, 2.45) is 0 Å². The Morgan fingerprint density at radius 1 is 1.23 bits per heavy atom. The average molecular weight is 303 g/mol. The SMILES string of the molecule is CNc1cncc([C@@H]2CCCN2CC(=O)N2CCCCC2)n1. The summed E-state index contributed by atoms with van der Waals surface area (Å²) >= 11 is 0. The summed E-state index contributed by atoms with van der Waals surface area (Å²) in [7, 11) is 1.85. The number of carbonyl (C=O) groups excluding carboxylic acids is 1. The van der Waals surface area contributed by atoms with E-state index in [0.717, 1.165) is 56.8 Å². The Bertz CT molecular complexity index is 515. The van der Waals surface area contributed by atoms with Gasteiger partial charge in [-0.3, -0.25) is 14.7 Å². The number of piperidine rings is 1. The molecule has 3 rings (SSSR count). The number of nitrogens with one attached hydrogen (secondary N) is 1. The van der Waals surface area contributed by atoms with E-state index >= 15 is 0 Å². The van der Waals surface area contributed by atoms with Crippen molar-refractivity contribution in [1.82, 2.24) is 19.8 Å².